The lowest BCUT2D eigenvalue weighted by Crippen LogP contribution is -2.07. The molecule has 0 radical (unpaired) electrons. The van der Waals surface area contributed by atoms with E-state index in [1.54, 1.807) is 0 Å². The minimum atomic E-state index is 0.266. The highest BCUT2D eigenvalue weighted by atomic mass is 35.5. The molecule has 0 saturated heterocycles. The Bertz CT molecular complexity index is 541. The van der Waals surface area contributed by atoms with Gasteiger partial charge in [0.05, 0.1) is 15.7 Å². The molecule has 0 amide bonds. The van der Waals surface area contributed by atoms with Crippen molar-refractivity contribution in [3.63, 3.8) is 0 Å². The van der Waals surface area contributed by atoms with Gasteiger partial charge >= 0.3 is 0 Å². The molecule has 0 bridgehead atoms. The van der Waals surface area contributed by atoms with Crippen LogP contribution in [0.1, 0.15) is 32.5 Å². The van der Waals surface area contributed by atoms with E-state index < -0.39 is 0 Å². The first-order chi connectivity index (χ1) is 8.56. The molecule has 1 aromatic heterocycles. The smallest absolute Gasteiger partial charge is 0.119 e. The molecule has 0 spiro atoms. The van der Waals surface area contributed by atoms with Crippen molar-refractivity contribution >= 4 is 23.2 Å². The topological polar surface area (TPSA) is 30.7 Å². The summed E-state index contributed by atoms with van der Waals surface area (Å²) in [5.41, 5.74) is 2.60. The van der Waals surface area contributed by atoms with Crippen LogP contribution in [-0.4, -0.2) is 15.0 Å². The van der Waals surface area contributed by atoms with Crippen LogP contribution in [0, 0.1) is 0 Å². The number of aromatic nitrogens is 3. The first-order valence-electron chi connectivity index (χ1n) is 5.94. The molecule has 3 nitrogen and oxygen atoms in total. The van der Waals surface area contributed by atoms with Crippen molar-refractivity contribution in [3.05, 3.63) is 33.9 Å². The fraction of sp³-hybridized carbons (Fsp3) is 0.385. The Morgan fingerprint density at radius 1 is 1.22 bits per heavy atom. The van der Waals surface area contributed by atoms with E-state index in [2.05, 4.69) is 31.1 Å². The lowest BCUT2D eigenvalue weighted by molar-refractivity contribution is 0.496. The van der Waals surface area contributed by atoms with Crippen LogP contribution in [0.25, 0.3) is 11.3 Å². The number of halogens is 2. The average Bonchev–Trinajstić information content (AvgIpc) is 2.72. The molecule has 2 rings (SSSR count). The maximum absolute atomic E-state index is 6.22. The van der Waals surface area contributed by atoms with Crippen LogP contribution in [0.15, 0.2) is 18.2 Å². The van der Waals surface area contributed by atoms with Crippen LogP contribution < -0.4 is 0 Å². The maximum Gasteiger partial charge on any atom is 0.119 e. The molecule has 0 saturated carbocycles. The van der Waals surface area contributed by atoms with Crippen molar-refractivity contribution in [2.75, 3.05) is 0 Å². The predicted octanol–water partition coefficient (Wildman–Crippen LogP) is 4.40. The summed E-state index contributed by atoms with van der Waals surface area (Å²) < 4.78 is 1.91. The Labute approximate surface area is 117 Å². The van der Waals surface area contributed by atoms with Crippen molar-refractivity contribution in [1.82, 2.24) is 15.0 Å². The van der Waals surface area contributed by atoms with E-state index in [1.165, 1.54) is 0 Å². The average molecular weight is 284 g/mol. The number of rotatable bonds is 3. The molecule has 0 unspecified atom stereocenters. The normalized spacial score (nSPS) is 11.2. The van der Waals surface area contributed by atoms with Crippen LogP contribution in [0.5, 0.6) is 0 Å². The van der Waals surface area contributed by atoms with E-state index in [0.29, 0.717) is 10.0 Å². The molecular weight excluding hydrogens is 269 g/mol. The van der Waals surface area contributed by atoms with Gasteiger partial charge in [-0.2, -0.15) is 0 Å². The van der Waals surface area contributed by atoms with E-state index in [-0.39, 0.29) is 6.04 Å². The standard InChI is InChI=1S/C13H15Cl2N3/c1-4-11-13(16-17-18(11)8(2)3)12-9(14)6-5-7-10(12)15/h5-8H,4H2,1-3H3. The van der Waals surface area contributed by atoms with Gasteiger partial charge in [0.2, 0.25) is 0 Å². The minimum Gasteiger partial charge on any atom is -0.246 e. The molecule has 5 heteroatoms. The van der Waals surface area contributed by atoms with Gasteiger partial charge in [-0.15, -0.1) is 5.10 Å². The largest absolute Gasteiger partial charge is 0.246 e. The fourth-order valence-corrected chi connectivity index (χ4v) is 2.55. The second-order valence-corrected chi connectivity index (χ2v) is 5.19. The molecular formula is C13H15Cl2N3. The highest BCUT2D eigenvalue weighted by Crippen LogP contribution is 2.35. The second-order valence-electron chi connectivity index (χ2n) is 4.37. The Morgan fingerprint density at radius 3 is 2.33 bits per heavy atom. The number of hydrogen-bond acceptors (Lipinski definition) is 2. The lowest BCUT2D eigenvalue weighted by atomic mass is 10.1. The zero-order chi connectivity index (χ0) is 13.3. The Balaban J connectivity index is 2.65. The molecule has 2 aromatic rings. The van der Waals surface area contributed by atoms with Gasteiger partial charge < -0.3 is 0 Å². The van der Waals surface area contributed by atoms with Gasteiger partial charge in [-0.25, -0.2) is 4.68 Å². The summed E-state index contributed by atoms with van der Waals surface area (Å²) in [6.45, 7) is 6.23. The van der Waals surface area contributed by atoms with Gasteiger partial charge in [-0.1, -0.05) is 41.4 Å². The summed E-state index contributed by atoms with van der Waals surface area (Å²) in [5, 5.41) is 9.65. The van der Waals surface area contributed by atoms with Gasteiger partial charge in [0.15, 0.2) is 0 Å². The third kappa shape index (κ3) is 2.25. The summed E-state index contributed by atoms with van der Waals surface area (Å²) in [6, 6.07) is 5.72. The predicted molar refractivity (Wildman–Crippen MR) is 75.2 cm³/mol. The van der Waals surface area contributed by atoms with Crippen LogP contribution >= 0.6 is 23.2 Å². The summed E-state index contributed by atoms with van der Waals surface area (Å²) in [6.07, 6.45) is 0.835. The van der Waals surface area contributed by atoms with Crippen molar-refractivity contribution in [1.29, 1.82) is 0 Å². The van der Waals surface area contributed by atoms with E-state index in [0.717, 1.165) is 23.4 Å². The third-order valence-electron chi connectivity index (χ3n) is 2.81. The van der Waals surface area contributed by atoms with E-state index >= 15 is 0 Å². The zero-order valence-corrected chi connectivity index (χ0v) is 12.1. The first kappa shape index (κ1) is 13.4. The lowest BCUT2D eigenvalue weighted by Gasteiger charge is -2.10. The summed E-state index contributed by atoms with van der Waals surface area (Å²) in [5.74, 6) is 0. The highest BCUT2D eigenvalue weighted by Gasteiger charge is 2.19. The molecule has 1 heterocycles. The zero-order valence-electron chi connectivity index (χ0n) is 10.6. The minimum absolute atomic E-state index is 0.266. The highest BCUT2D eigenvalue weighted by molar-refractivity contribution is 6.39. The van der Waals surface area contributed by atoms with Crippen LogP contribution in [0.2, 0.25) is 10.0 Å². The fourth-order valence-electron chi connectivity index (χ4n) is 1.98. The number of hydrogen-bond donors (Lipinski definition) is 0. The monoisotopic (exact) mass is 283 g/mol. The van der Waals surface area contributed by atoms with Gasteiger partial charge in [0, 0.05) is 11.6 Å². The van der Waals surface area contributed by atoms with E-state index in [4.69, 9.17) is 23.2 Å². The molecule has 18 heavy (non-hydrogen) atoms. The summed E-state index contributed by atoms with van der Waals surface area (Å²) >= 11 is 12.4. The SMILES string of the molecule is CCc1c(-c2c(Cl)cccc2Cl)nnn1C(C)C. The Kier molecular flexibility index (Phi) is 3.93. The van der Waals surface area contributed by atoms with Crippen LogP contribution in [0.3, 0.4) is 0 Å². The van der Waals surface area contributed by atoms with Crippen LogP contribution in [0.4, 0.5) is 0 Å². The van der Waals surface area contributed by atoms with Crippen molar-refractivity contribution in [3.8, 4) is 11.3 Å². The number of nitrogens with zero attached hydrogens (tertiary/aromatic N) is 3. The molecule has 0 aliphatic carbocycles. The molecule has 0 aliphatic heterocycles. The third-order valence-corrected chi connectivity index (χ3v) is 3.44. The molecule has 1 aromatic carbocycles. The quantitative estimate of drug-likeness (QED) is 0.836. The molecule has 0 N–H and O–H groups in total. The first-order valence-corrected chi connectivity index (χ1v) is 6.70. The van der Waals surface area contributed by atoms with Gasteiger partial charge in [-0.05, 0) is 32.4 Å². The summed E-state index contributed by atoms with van der Waals surface area (Å²) in [7, 11) is 0. The van der Waals surface area contributed by atoms with Gasteiger partial charge in [0.1, 0.15) is 5.69 Å². The Hall–Kier alpha value is -1.06. The molecule has 0 atom stereocenters. The Morgan fingerprint density at radius 2 is 1.83 bits per heavy atom. The van der Waals surface area contributed by atoms with Gasteiger partial charge in [0.25, 0.3) is 0 Å². The molecule has 0 aliphatic rings. The summed E-state index contributed by atoms with van der Waals surface area (Å²) in [4.78, 5) is 0. The second kappa shape index (κ2) is 5.29. The van der Waals surface area contributed by atoms with E-state index in [9.17, 15) is 0 Å². The van der Waals surface area contributed by atoms with Crippen molar-refractivity contribution in [2.24, 2.45) is 0 Å². The van der Waals surface area contributed by atoms with Gasteiger partial charge in [-0.3, -0.25) is 0 Å². The van der Waals surface area contributed by atoms with E-state index in [1.807, 2.05) is 22.9 Å². The molecule has 0 fully saturated rings. The van der Waals surface area contributed by atoms with Crippen molar-refractivity contribution < 1.29 is 0 Å². The number of benzene rings is 1. The van der Waals surface area contributed by atoms with Crippen LogP contribution in [-0.2, 0) is 6.42 Å². The maximum atomic E-state index is 6.22. The van der Waals surface area contributed by atoms with Crippen molar-refractivity contribution in [2.45, 2.75) is 33.2 Å². The molecule has 96 valence electrons.